The smallest absolute Gasteiger partial charge is 0.261 e. The molecule has 2 aromatic rings. The van der Waals surface area contributed by atoms with E-state index in [2.05, 4.69) is 28.2 Å². The first kappa shape index (κ1) is 25.9. The van der Waals surface area contributed by atoms with E-state index >= 15 is 0 Å². The summed E-state index contributed by atoms with van der Waals surface area (Å²) in [6.07, 6.45) is 1.43. The van der Waals surface area contributed by atoms with Crippen LogP contribution in [0.2, 0.25) is 0 Å². The van der Waals surface area contributed by atoms with Gasteiger partial charge < -0.3 is 15.0 Å². The third-order valence-corrected chi connectivity index (χ3v) is 5.73. The van der Waals surface area contributed by atoms with Crippen LogP contribution in [-0.4, -0.2) is 34.9 Å². The highest BCUT2D eigenvalue weighted by Gasteiger charge is 2.31. The Hall–Kier alpha value is -2.34. The van der Waals surface area contributed by atoms with Crippen LogP contribution in [0.4, 0.5) is 0 Å². The molecule has 0 saturated carbocycles. The van der Waals surface area contributed by atoms with Crippen LogP contribution < -0.4 is 10.1 Å². The van der Waals surface area contributed by atoms with Crippen LogP contribution in [0.5, 0.6) is 5.75 Å². The van der Waals surface area contributed by atoms with Crippen LogP contribution in [0.25, 0.3) is 0 Å². The topological polar surface area (TPSA) is 58.6 Å². The molecule has 2 rings (SSSR count). The lowest BCUT2D eigenvalue weighted by Crippen LogP contribution is -2.54. The minimum atomic E-state index is -0.586. The third-order valence-electron chi connectivity index (χ3n) is 5.11. The Bertz CT molecular complexity index is 920. The van der Waals surface area contributed by atoms with E-state index in [0.717, 1.165) is 22.0 Å². The fourth-order valence-electron chi connectivity index (χ4n) is 3.37. The molecule has 6 heteroatoms. The predicted octanol–water partition coefficient (Wildman–Crippen LogP) is 5.42. The summed E-state index contributed by atoms with van der Waals surface area (Å²) in [4.78, 5) is 27.9. The predicted molar refractivity (Wildman–Crippen MR) is 133 cm³/mol. The number of nitrogens with zero attached hydrogens (tertiary/aromatic N) is 1. The van der Waals surface area contributed by atoms with Crippen LogP contribution in [0.3, 0.4) is 0 Å². The second-order valence-electron chi connectivity index (χ2n) is 9.08. The molecule has 0 unspecified atom stereocenters. The summed E-state index contributed by atoms with van der Waals surface area (Å²) in [5.74, 6) is 0.222. The van der Waals surface area contributed by atoms with Crippen LogP contribution in [0.15, 0.2) is 46.9 Å². The van der Waals surface area contributed by atoms with E-state index in [1.54, 1.807) is 4.90 Å². The van der Waals surface area contributed by atoms with E-state index in [0.29, 0.717) is 18.7 Å². The Balaban J connectivity index is 2.24. The molecule has 5 nitrogen and oxygen atoms in total. The minimum Gasteiger partial charge on any atom is -0.483 e. The third kappa shape index (κ3) is 7.66. The van der Waals surface area contributed by atoms with Crippen molar-refractivity contribution in [3.05, 3.63) is 63.6 Å². The van der Waals surface area contributed by atoms with Crippen LogP contribution in [0, 0.1) is 6.92 Å². The molecule has 0 aliphatic carbocycles. The number of carbonyl (C=O) groups excluding carboxylic acids is 2. The lowest BCUT2D eigenvalue weighted by molar-refractivity contribution is -0.143. The molecule has 1 N–H and O–H groups in total. The minimum absolute atomic E-state index is 0.144. The van der Waals surface area contributed by atoms with Gasteiger partial charge in [-0.1, -0.05) is 49.7 Å². The zero-order chi connectivity index (χ0) is 23.9. The van der Waals surface area contributed by atoms with Gasteiger partial charge in [-0.25, -0.2) is 0 Å². The summed E-state index contributed by atoms with van der Waals surface area (Å²) in [6.45, 7) is 12.0. The summed E-state index contributed by atoms with van der Waals surface area (Å²) in [6, 6.07) is 13.3. The van der Waals surface area contributed by atoms with Crippen molar-refractivity contribution >= 4 is 27.7 Å². The number of hydrogen-bond donors (Lipinski definition) is 1. The van der Waals surface area contributed by atoms with Crippen LogP contribution in [0.1, 0.15) is 57.7 Å². The van der Waals surface area contributed by atoms with E-state index in [-0.39, 0.29) is 24.0 Å². The maximum absolute atomic E-state index is 13.3. The van der Waals surface area contributed by atoms with Crippen molar-refractivity contribution in [3.63, 3.8) is 0 Å². The van der Waals surface area contributed by atoms with Gasteiger partial charge in [0.15, 0.2) is 6.61 Å². The summed E-state index contributed by atoms with van der Waals surface area (Å²) in [7, 11) is 0. The SMILES string of the molecule is CCc1ccc(OCC(=O)N(Cc2ccc(C)cc2)[C@@H](CC)C(=O)NC(C)(C)C)c(Br)c1. The summed E-state index contributed by atoms with van der Waals surface area (Å²) < 4.78 is 6.65. The second kappa shape index (κ2) is 11.5. The van der Waals surface area contributed by atoms with Gasteiger partial charge in [-0.15, -0.1) is 0 Å². The number of aryl methyl sites for hydroxylation is 2. The van der Waals surface area contributed by atoms with Gasteiger partial charge in [-0.3, -0.25) is 9.59 Å². The number of rotatable bonds is 9. The van der Waals surface area contributed by atoms with Crippen molar-refractivity contribution in [1.82, 2.24) is 10.2 Å². The molecule has 0 aromatic heterocycles. The Labute approximate surface area is 200 Å². The fourth-order valence-corrected chi connectivity index (χ4v) is 3.91. The quantitative estimate of drug-likeness (QED) is 0.497. The second-order valence-corrected chi connectivity index (χ2v) is 9.93. The normalized spacial score (nSPS) is 12.2. The molecule has 0 bridgehead atoms. The molecule has 0 heterocycles. The molecule has 2 amide bonds. The first-order valence-corrected chi connectivity index (χ1v) is 11.9. The summed E-state index contributed by atoms with van der Waals surface area (Å²) in [5.41, 5.74) is 2.92. The molecule has 0 aliphatic rings. The highest BCUT2D eigenvalue weighted by Crippen LogP contribution is 2.26. The average Bonchev–Trinajstić information content (AvgIpc) is 2.72. The van der Waals surface area contributed by atoms with Crippen molar-refractivity contribution in [1.29, 1.82) is 0 Å². The number of carbonyl (C=O) groups is 2. The van der Waals surface area contributed by atoms with E-state index in [9.17, 15) is 9.59 Å². The number of halogens is 1. The van der Waals surface area contributed by atoms with Gasteiger partial charge in [-0.05, 0) is 79.7 Å². The van der Waals surface area contributed by atoms with Gasteiger partial charge in [0.05, 0.1) is 4.47 Å². The molecule has 0 fully saturated rings. The molecule has 174 valence electrons. The van der Waals surface area contributed by atoms with Gasteiger partial charge in [0.2, 0.25) is 5.91 Å². The van der Waals surface area contributed by atoms with Gasteiger partial charge in [0.25, 0.3) is 5.91 Å². The molecule has 2 aromatic carbocycles. The average molecular weight is 503 g/mol. The van der Waals surface area contributed by atoms with Crippen molar-refractivity contribution in [2.45, 2.75) is 72.5 Å². The Kier molecular flexibility index (Phi) is 9.32. The maximum Gasteiger partial charge on any atom is 0.261 e. The Morgan fingerprint density at radius 1 is 1.06 bits per heavy atom. The van der Waals surface area contributed by atoms with Crippen molar-refractivity contribution in [2.75, 3.05) is 6.61 Å². The summed E-state index contributed by atoms with van der Waals surface area (Å²) in [5, 5.41) is 3.01. The molecular formula is C26H35BrN2O3. The lowest BCUT2D eigenvalue weighted by atomic mass is 10.1. The number of hydrogen-bond acceptors (Lipinski definition) is 3. The van der Waals surface area contributed by atoms with Crippen molar-refractivity contribution < 1.29 is 14.3 Å². The lowest BCUT2D eigenvalue weighted by Gasteiger charge is -2.33. The largest absolute Gasteiger partial charge is 0.483 e. The van der Waals surface area contributed by atoms with Gasteiger partial charge >= 0.3 is 0 Å². The Morgan fingerprint density at radius 2 is 1.69 bits per heavy atom. The fraction of sp³-hybridized carbons (Fsp3) is 0.462. The molecule has 0 radical (unpaired) electrons. The molecule has 0 saturated heterocycles. The maximum atomic E-state index is 13.3. The molecule has 0 aliphatic heterocycles. The molecule has 32 heavy (non-hydrogen) atoms. The Morgan fingerprint density at radius 3 is 2.22 bits per heavy atom. The number of nitrogens with one attached hydrogen (secondary N) is 1. The van der Waals surface area contributed by atoms with Crippen molar-refractivity contribution in [2.24, 2.45) is 0 Å². The monoisotopic (exact) mass is 502 g/mol. The summed E-state index contributed by atoms with van der Waals surface area (Å²) >= 11 is 3.52. The van der Waals surface area contributed by atoms with Crippen LogP contribution in [-0.2, 0) is 22.6 Å². The van der Waals surface area contributed by atoms with E-state index in [1.165, 1.54) is 5.56 Å². The van der Waals surface area contributed by atoms with E-state index < -0.39 is 6.04 Å². The zero-order valence-corrected chi connectivity index (χ0v) is 21.6. The first-order chi connectivity index (χ1) is 15.0. The van der Waals surface area contributed by atoms with Gasteiger partial charge in [0.1, 0.15) is 11.8 Å². The van der Waals surface area contributed by atoms with Gasteiger partial charge in [0, 0.05) is 12.1 Å². The van der Waals surface area contributed by atoms with Crippen LogP contribution >= 0.6 is 15.9 Å². The standard InChI is InChI=1S/C26H35BrN2O3/c1-7-19-13-14-23(21(27)15-19)32-17-24(30)29(16-20-11-9-18(3)10-12-20)22(8-2)25(31)28-26(4,5)6/h9-15,22H,7-8,16-17H2,1-6H3,(H,28,31)/t22-/m0/s1. The highest BCUT2D eigenvalue weighted by atomic mass is 79.9. The molecule has 0 spiro atoms. The number of amides is 2. The van der Waals surface area contributed by atoms with Crippen molar-refractivity contribution in [3.8, 4) is 5.75 Å². The molecular weight excluding hydrogens is 468 g/mol. The van der Waals surface area contributed by atoms with Gasteiger partial charge in [-0.2, -0.15) is 0 Å². The molecule has 1 atom stereocenters. The van der Waals surface area contributed by atoms with E-state index in [1.807, 2.05) is 77.1 Å². The van der Waals surface area contributed by atoms with E-state index in [4.69, 9.17) is 4.74 Å². The number of benzene rings is 2. The highest BCUT2D eigenvalue weighted by molar-refractivity contribution is 9.10. The zero-order valence-electron chi connectivity index (χ0n) is 20.0. The number of ether oxygens (including phenoxy) is 1. The first-order valence-electron chi connectivity index (χ1n) is 11.1.